The molecule has 81 heavy (non-hydrogen) atoms. The van der Waals surface area contributed by atoms with Crippen molar-refractivity contribution in [3.8, 4) is 0 Å². The molecule has 1 atom stereocenters. The number of carbonyl (C=O) groups is 3. The quantitative estimate of drug-likeness (QED) is 0.0261. The zero-order valence-electron chi connectivity index (χ0n) is 54.8. The predicted molar refractivity (Wildman–Crippen MR) is 353 cm³/mol. The fourth-order valence-electron chi connectivity index (χ4n) is 11.2. The first kappa shape index (κ1) is 78.6. The van der Waals surface area contributed by atoms with Crippen LogP contribution < -0.4 is 0 Å². The van der Waals surface area contributed by atoms with Crippen LogP contribution in [0.4, 0.5) is 0 Å². The lowest BCUT2D eigenvalue weighted by Crippen LogP contribution is -2.30. The van der Waals surface area contributed by atoms with Crippen molar-refractivity contribution in [2.45, 2.75) is 412 Å². The highest BCUT2D eigenvalue weighted by Gasteiger charge is 2.19. The molecule has 0 bridgehead atoms. The summed E-state index contributed by atoms with van der Waals surface area (Å²) >= 11 is 0. The Balaban J connectivity index is 4.23. The van der Waals surface area contributed by atoms with Crippen LogP contribution in [0.1, 0.15) is 406 Å². The average Bonchev–Trinajstić information content (AvgIpc) is 3.47. The summed E-state index contributed by atoms with van der Waals surface area (Å²) in [5.74, 6) is -0.853. The summed E-state index contributed by atoms with van der Waals surface area (Å²) in [6.07, 6.45) is 87.5. The van der Waals surface area contributed by atoms with E-state index in [4.69, 9.17) is 14.2 Å². The summed E-state index contributed by atoms with van der Waals surface area (Å²) in [7, 11) is 0. The van der Waals surface area contributed by atoms with Gasteiger partial charge in [0.05, 0.1) is 0 Å². The molecule has 0 radical (unpaired) electrons. The van der Waals surface area contributed by atoms with Crippen LogP contribution in [0, 0.1) is 0 Å². The van der Waals surface area contributed by atoms with Gasteiger partial charge in [0.2, 0.25) is 0 Å². The molecule has 0 rings (SSSR count). The van der Waals surface area contributed by atoms with Crippen LogP contribution in [0.3, 0.4) is 0 Å². The maximum Gasteiger partial charge on any atom is 0.306 e. The highest BCUT2D eigenvalue weighted by molar-refractivity contribution is 5.71. The smallest absolute Gasteiger partial charge is 0.306 e. The largest absolute Gasteiger partial charge is 0.462 e. The zero-order chi connectivity index (χ0) is 58.5. The molecular formula is C75H140O6. The lowest BCUT2D eigenvalue weighted by Gasteiger charge is -2.18. The van der Waals surface area contributed by atoms with Gasteiger partial charge in [-0.05, 0) is 57.8 Å². The molecule has 476 valence electrons. The van der Waals surface area contributed by atoms with Crippen LogP contribution in [0.2, 0.25) is 0 Å². The summed E-state index contributed by atoms with van der Waals surface area (Å²) in [6, 6.07) is 0. The fourth-order valence-corrected chi connectivity index (χ4v) is 11.2. The summed E-state index contributed by atoms with van der Waals surface area (Å²) in [5.41, 5.74) is 0. The normalized spacial score (nSPS) is 12.2. The Morgan fingerprint density at radius 1 is 0.247 bits per heavy atom. The standard InChI is InChI=1S/C75H140O6/c1-4-7-10-13-16-19-22-25-28-30-32-34-35-36-37-38-39-40-42-43-45-47-50-53-56-59-62-65-68-74(77)80-71-72(70-79-73(76)67-64-61-58-55-52-49-27-24-21-18-15-12-9-6-3)81-75(78)69-66-63-60-57-54-51-48-46-44-41-33-31-29-26-23-20-17-14-11-8-5-2/h23,26,31,33,44,46,72H,4-22,24-25,27-30,32,34-43,45,47-71H2,1-3H3/b26-23-,33-31-,46-44-. The monoisotopic (exact) mass is 1140 g/mol. The molecule has 0 aliphatic rings. The van der Waals surface area contributed by atoms with E-state index >= 15 is 0 Å². The topological polar surface area (TPSA) is 78.9 Å². The minimum Gasteiger partial charge on any atom is -0.462 e. The number of allylic oxidation sites excluding steroid dienone is 6. The van der Waals surface area contributed by atoms with Crippen molar-refractivity contribution in [2.24, 2.45) is 0 Å². The summed E-state index contributed by atoms with van der Waals surface area (Å²) in [4.78, 5) is 38.4. The lowest BCUT2D eigenvalue weighted by molar-refractivity contribution is -0.167. The summed E-state index contributed by atoms with van der Waals surface area (Å²) < 4.78 is 17.0. The van der Waals surface area contributed by atoms with E-state index in [-0.39, 0.29) is 31.1 Å². The molecule has 0 aromatic heterocycles. The Labute approximate surface area is 506 Å². The SMILES string of the molecule is CCCCCCC/C=C\C/C=C\C/C=C\CCCCCCCCC(=O)OC(COC(=O)CCCCCCCCCCCCCCCC)COC(=O)CCCCCCCCCCCCCCCCCCCCCCCCCCCCCC. The first-order chi connectivity index (χ1) is 40.0. The molecule has 0 heterocycles. The third-order valence-corrected chi connectivity index (χ3v) is 16.6. The van der Waals surface area contributed by atoms with Gasteiger partial charge in [0.1, 0.15) is 13.2 Å². The van der Waals surface area contributed by atoms with Gasteiger partial charge in [0.15, 0.2) is 6.10 Å². The Morgan fingerprint density at radius 3 is 0.691 bits per heavy atom. The van der Waals surface area contributed by atoms with Gasteiger partial charge in [0, 0.05) is 19.3 Å². The second kappa shape index (κ2) is 70.1. The Hall–Kier alpha value is -2.37. The Kier molecular flexibility index (Phi) is 68.1. The molecule has 0 N–H and O–H groups in total. The molecular weight excluding hydrogens is 997 g/mol. The van der Waals surface area contributed by atoms with Crippen LogP contribution in [-0.2, 0) is 28.6 Å². The van der Waals surface area contributed by atoms with Gasteiger partial charge < -0.3 is 14.2 Å². The predicted octanol–water partition coefficient (Wildman–Crippen LogP) is 25.1. The van der Waals surface area contributed by atoms with E-state index in [1.165, 1.54) is 289 Å². The molecule has 0 aliphatic heterocycles. The number of unbranched alkanes of at least 4 members (excludes halogenated alkanes) is 51. The van der Waals surface area contributed by atoms with Gasteiger partial charge in [-0.25, -0.2) is 0 Å². The Bertz CT molecular complexity index is 1350. The number of rotatable bonds is 68. The fraction of sp³-hybridized carbons (Fsp3) is 0.880. The molecule has 0 aliphatic carbocycles. The molecule has 0 amide bonds. The Morgan fingerprint density at radius 2 is 0.444 bits per heavy atom. The highest BCUT2D eigenvalue weighted by atomic mass is 16.6. The molecule has 0 fully saturated rings. The molecule has 0 aromatic carbocycles. The van der Waals surface area contributed by atoms with Crippen LogP contribution in [0.25, 0.3) is 0 Å². The van der Waals surface area contributed by atoms with Crippen molar-refractivity contribution in [2.75, 3.05) is 13.2 Å². The first-order valence-corrected chi connectivity index (χ1v) is 36.5. The maximum absolute atomic E-state index is 13.0. The van der Waals surface area contributed by atoms with Gasteiger partial charge >= 0.3 is 17.9 Å². The van der Waals surface area contributed by atoms with E-state index in [2.05, 4.69) is 57.2 Å². The van der Waals surface area contributed by atoms with Gasteiger partial charge in [-0.1, -0.05) is 365 Å². The number of hydrogen-bond donors (Lipinski definition) is 0. The summed E-state index contributed by atoms with van der Waals surface area (Å²) in [5, 5.41) is 0. The van der Waals surface area contributed by atoms with Crippen LogP contribution in [0.5, 0.6) is 0 Å². The van der Waals surface area contributed by atoms with Crippen molar-refractivity contribution in [1.82, 2.24) is 0 Å². The van der Waals surface area contributed by atoms with Crippen molar-refractivity contribution in [3.05, 3.63) is 36.5 Å². The van der Waals surface area contributed by atoms with Crippen LogP contribution in [-0.4, -0.2) is 37.2 Å². The van der Waals surface area contributed by atoms with E-state index in [0.29, 0.717) is 19.3 Å². The van der Waals surface area contributed by atoms with Crippen molar-refractivity contribution in [3.63, 3.8) is 0 Å². The first-order valence-electron chi connectivity index (χ1n) is 36.5. The molecule has 6 heteroatoms. The van der Waals surface area contributed by atoms with Crippen LogP contribution in [0.15, 0.2) is 36.5 Å². The molecule has 0 spiro atoms. The maximum atomic E-state index is 13.0. The second-order valence-electron chi connectivity index (χ2n) is 24.9. The van der Waals surface area contributed by atoms with Gasteiger partial charge in [0.25, 0.3) is 0 Å². The van der Waals surface area contributed by atoms with E-state index in [0.717, 1.165) is 77.0 Å². The van der Waals surface area contributed by atoms with Crippen molar-refractivity contribution >= 4 is 17.9 Å². The molecule has 0 saturated heterocycles. The van der Waals surface area contributed by atoms with E-state index in [9.17, 15) is 14.4 Å². The number of ether oxygens (including phenoxy) is 3. The number of esters is 3. The van der Waals surface area contributed by atoms with E-state index in [1.54, 1.807) is 0 Å². The average molecular weight is 1140 g/mol. The van der Waals surface area contributed by atoms with Gasteiger partial charge in [-0.3, -0.25) is 14.4 Å². The van der Waals surface area contributed by atoms with Gasteiger partial charge in [-0.2, -0.15) is 0 Å². The number of hydrogen-bond acceptors (Lipinski definition) is 6. The molecule has 1 unspecified atom stereocenters. The van der Waals surface area contributed by atoms with Crippen molar-refractivity contribution < 1.29 is 28.6 Å². The molecule has 0 saturated carbocycles. The van der Waals surface area contributed by atoms with E-state index < -0.39 is 6.10 Å². The molecule has 0 aromatic rings. The van der Waals surface area contributed by atoms with Crippen LogP contribution >= 0.6 is 0 Å². The lowest BCUT2D eigenvalue weighted by atomic mass is 10.0. The highest BCUT2D eigenvalue weighted by Crippen LogP contribution is 2.19. The minimum absolute atomic E-state index is 0.0718. The zero-order valence-corrected chi connectivity index (χ0v) is 54.8. The van der Waals surface area contributed by atoms with Crippen molar-refractivity contribution in [1.29, 1.82) is 0 Å². The third kappa shape index (κ3) is 68.3. The third-order valence-electron chi connectivity index (χ3n) is 16.6. The summed E-state index contributed by atoms with van der Waals surface area (Å²) in [6.45, 7) is 6.70. The van der Waals surface area contributed by atoms with Gasteiger partial charge in [-0.15, -0.1) is 0 Å². The van der Waals surface area contributed by atoms with E-state index in [1.807, 2.05) is 0 Å². The minimum atomic E-state index is -0.777. The second-order valence-corrected chi connectivity index (χ2v) is 24.9. The number of carbonyl (C=O) groups excluding carboxylic acids is 3. The molecule has 6 nitrogen and oxygen atoms in total.